The third kappa shape index (κ3) is 4.28. The Bertz CT molecular complexity index is 1070. The van der Waals surface area contributed by atoms with Gasteiger partial charge in [-0.1, -0.05) is 23.7 Å². The molecule has 30 heavy (non-hydrogen) atoms. The summed E-state index contributed by atoms with van der Waals surface area (Å²) < 4.78 is 1.65. The zero-order chi connectivity index (χ0) is 21.1. The Hall–Kier alpha value is -3.39. The van der Waals surface area contributed by atoms with Gasteiger partial charge in [-0.3, -0.25) is 14.9 Å². The number of carbonyl (C=O) groups excluding carboxylic acids is 1. The topological polar surface area (TPSA) is 93.3 Å². The van der Waals surface area contributed by atoms with Crippen LogP contribution in [0.5, 0.6) is 0 Å². The van der Waals surface area contributed by atoms with Crippen LogP contribution in [0.25, 0.3) is 0 Å². The van der Waals surface area contributed by atoms with Crippen molar-refractivity contribution in [1.29, 1.82) is 0 Å². The van der Waals surface area contributed by atoms with Crippen LogP contribution in [0.1, 0.15) is 28.8 Å². The molecule has 2 aromatic carbocycles. The van der Waals surface area contributed by atoms with Gasteiger partial charge < -0.3 is 10.2 Å². The number of aromatic nitrogens is 2. The van der Waals surface area contributed by atoms with Crippen LogP contribution in [0.3, 0.4) is 0 Å². The van der Waals surface area contributed by atoms with Gasteiger partial charge in [0.25, 0.3) is 11.6 Å². The molecule has 0 bridgehead atoms. The Morgan fingerprint density at radius 1 is 1.13 bits per heavy atom. The number of amides is 1. The lowest BCUT2D eigenvalue weighted by molar-refractivity contribution is -0.384. The van der Waals surface area contributed by atoms with Crippen molar-refractivity contribution in [3.63, 3.8) is 0 Å². The summed E-state index contributed by atoms with van der Waals surface area (Å²) in [6.45, 7) is 2.03. The number of benzene rings is 2. The molecular weight excluding hydrogens is 406 g/mol. The molecule has 4 rings (SSSR count). The summed E-state index contributed by atoms with van der Waals surface area (Å²) in [7, 11) is 0. The van der Waals surface area contributed by atoms with Crippen LogP contribution in [0, 0.1) is 10.1 Å². The van der Waals surface area contributed by atoms with Crippen LogP contribution < -0.4 is 10.2 Å². The number of anilines is 2. The SMILES string of the molecule is O=C(Nc1ccnn1Cc1ccc(Cl)cc1)c1ccc(N2CCCC2)c([N+](=O)[O-])c1. The lowest BCUT2D eigenvalue weighted by Crippen LogP contribution is -2.20. The van der Waals surface area contributed by atoms with Gasteiger partial charge in [0.15, 0.2) is 0 Å². The maximum absolute atomic E-state index is 12.8. The van der Waals surface area contributed by atoms with Crippen molar-refractivity contribution in [2.45, 2.75) is 19.4 Å². The number of nitrogens with zero attached hydrogens (tertiary/aromatic N) is 4. The van der Waals surface area contributed by atoms with Crippen molar-refractivity contribution in [2.75, 3.05) is 23.3 Å². The van der Waals surface area contributed by atoms with E-state index >= 15 is 0 Å². The van der Waals surface area contributed by atoms with E-state index in [1.165, 1.54) is 6.07 Å². The maximum atomic E-state index is 12.8. The number of rotatable bonds is 6. The zero-order valence-corrected chi connectivity index (χ0v) is 16.9. The molecule has 0 unspecified atom stereocenters. The third-order valence-electron chi connectivity index (χ3n) is 5.08. The summed E-state index contributed by atoms with van der Waals surface area (Å²) in [5.74, 6) is 0.0742. The molecule has 1 amide bonds. The van der Waals surface area contributed by atoms with Crippen LogP contribution in [-0.2, 0) is 6.54 Å². The highest BCUT2D eigenvalue weighted by Gasteiger charge is 2.24. The normalized spacial score (nSPS) is 13.4. The van der Waals surface area contributed by atoms with Crippen LogP contribution >= 0.6 is 11.6 Å². The van der Waals surface area contributed by atoms with Crippen molar-refractivity contribution in [3.8, 4) is 0 Å². The summed E-state index contributed by atoms with van der Waals surface area (Å²) >= 11 is 5.92. The minimum atomic E-state index is -0.435. The largest absolute Gasteiger partial charge is 0.366 e. The predicted octanol–water partition coefficient (Wildman–Crippen LogP) is 4.35. The molecule has 0 saturated carbocycles. The Kier molecular flexibility index (Phi) is 5.67. The van der Waals surface area contributed by atoms with Gasteiger partial charge in [-0.05, 0) is 42.7 Å². The fourth-order valence-electron chi connectivity index (χ4n) is 3.55. The van der Waals surface area contributed by atoms with Crippen molar-refractivity contribution < 1.29 is 9.72 Å². The Labute approximate surface area is 178 Å². The molecule has 0 radical (unpaired) electrons. The average Bonchev–Trinajstić information content (AvgIpc) is 3.42. The second-order valence-electron chi connectivity index (χ2n) is 7.11. The first-order valence-electron chi connectivity index (χ1n) is 9.62. The molecule has 154 valence electrons. The first kappa shape index (κ1) is 19.9. The molecule has 1 fully saturated rings. The van der Waals surface area contributed by atoms with Crippen LogP contribution in [0.15, 0.2) is 54.7 Å². The molecule has 1 aliphatic heterocycles. The zero-order valence-electron chi connectivity index (χ0n) is 16.1. The standard InChI is InChI=1S/C21H20ClN5O3/c22-17-6-3-15(4-7-17)14-26-20(9-10-23-26)24-21(28)16-5-8-18(19(13-16)27(29)30)25-11-1-2-12-25/h3-10,13H,1-2,11-12,14H2,(H,24,28). The van der Waals surface area contributed by atoms with Gasteiger partial charge in [-0.2, -0.15) is 5.10 Å². The first-order valence-corrected chi connectivity index (χ1v) is 10.00. The molecule has 2 heterocycles. The smallest absolute Gasteiger partial charge is 0.293 e. The number of nitro groups is 1. The minimum Gasteiger partial charge on any atom is -0.366 e. The summed E-state index contributed by atoms with van der Waals surface area (Å²) in [6, 6.07) is 13.6. The number of halogens is 1. The molecule has 9 heteroatoms. The summed E-state index contributed by atoms with van der Waals surface area (Å²) in [5, 5.41) is 19.3. The number of hydrogen-bond donors (Lipinski definition) is 1. The lowest BCUT2D eigenvalue weighted by Gasteiger charge is -2.18. The molecule has 0 spiro atoms. The van der Waals surface area contributed by atoms with Crippen molar-refractivity contribution in [3.05, 3.63) is 81.0 Å². The summed E-state index contributed by atoms with van der Waals surface area (Å²) in [4.78, 5) is 25.9. The van der Waals surface area contributed by atoms with E-state index in [0.29, 0.717) is 23.1 Å². The second kappa shape index (κ2) is 8.54. The molecule has 1 aromatic heterocycles. The second-order valence-corrected chi connectivity index (χ2v) is 7.55. The van der Waals surface area contributed by atoms with Gasteiger partial charge in [0.2, 0.25) is 0 Å². The van der Waals surface area contributed by atoms with E-state index in [-0.39, 0.29) is 11.3 Å². The Morgan fingerprint density at radius 3 is 2.57 bits per heavy atom. The molecular formula is C21H20ClN5O3. The highest BCUT2D eigenvalue weighted by molar-refractivity contribution is 6.30. The van der Waals surface area contributed by atoms with E-state index in [4.69, 9.17) is 11.6 Å². The third-order valence-corrected chi connectivity index (χ3v) is 5.34. The van der Waals surface area contributed by atoms with Crippen LogP contribution in [0.2, 0.25) is 5.02 Å². The molecule has 0 atom stereocenters. The predicted molar refractivity (Wildman–Crippen MR) is 115 cm³/mol. The molecule has 1 saturated heterocycles. The van der Waals surface area contributed by atoms with E-state index in [0.717, 1.165) is 31.5 Å². The van der Waals surface area contributed by atoms with Crippen molar-refractivity contribution >= 4 is 34.7 Å². The summed E-state index contributed by atoms with van der Waals surface area (Å²) in [5.41, 5.74) is 1.70. The van der Waals surface area contributed by atoms with E-state index in [1.807, 2.05) is 17.0 Å². The van der Waals surface area contributed by atoms with Gasteiger partial charge in [-0.15, -0.1) is 0 Å². The molecule has 8 nitrogen and oxygen atoms in total. The van der Waals surface area contributed by atoms with Crippen molar-refractivity contribution in [1.82, 2.24) is 9.78 Å². The van der Waals surface area contributed by atoms with Gasteiger partial charge in [0, 0.05) is 35.8 Å². The fourth-order valence-corrected chi connectivity index (χ4v) is 3.68. The molecule has 1 N–H and O–H groups in total. The first-order chi connectivity index (χ1) is 14.5. The minimum absolute atomic E-state index is 0.0563. The molecule has 3 aromatic rings. The lowest BCUT2D eigenvalue weighted by atomic mass is 10.1. The highest BCUT2D eigenvalue weighted by Crippen LogP contribution is 2.32. The molecule has 1 aliphatic rings. The average molecular weight is 426 g/mol. The quantitative estimate of drug-likeness (QED) is 0.468. The van der Waals surface area contributed by atoms with E-state index < -0.39 is 10.8 Å². The van der Waals surface area contributed by atoms with Gasteiger partial charge in [-0.25, -0.2) is 4.68 Å². The van der Waals surface area contributed by atoms with Crippen molar-refractivity contribution in [2.24, 2.45) is 0 Å². The monoisotopic (exact) mass is 425 g/mol. The van der Waals surface area contributed by atoms with Gasteiger partial charge >= 0.3 is 0 Å². The Balaban J connectivity index is 1.53. The Morgan fingerprint density at radius 2 is 1.87 bits per heavy atom. The number of hydrogen-bond acceptors (Lipinski definition) is 5. The van der Waals surface area contributed by atoms with E-state index in [9.17, 15) is 14.9 Å². The van der Waals surface area contributed by atoms with Crippen LogP contribution in [0.4, 0.5) is 17.2 Å². The fraction of sp³-hybridized carbons (Fsp3) is 0.238. The van der Waals surface area contributed by atoms with E-state index in [1.54, 1.807) is 41.2 Å². The molecule has 0 aliphatic carbocycles. The van der Waals surface area contributed by atoms with E-state index in [2.05, 4.69) is 10.4 Å². The highest BCUT2D eigenvalue weighted by atomic mass is 35.5. The maximum Gasteiger partial charge on any atom is 0.293 e. The number of nitro benzene ring substituents is 1. The van der Waals surface area contributed by atoms with Crippen LogP contribution in [-0.4, -0.2) is 33.7 Å². The van der Waals surface area contributed by atoms with Gasteiger partial charge in [0.1, 0.15) is 11.5 Å². The summed E-state index contributed by atoms with van der Waals surface area (Å²) in [6.07, 6.45) is 3.61. The van der Waals surface area contributed by atoms with Gasteiger partial charge in [0.05, 0.1) is 17.7 Å². The number of nitrogens with one attached hydrogen (secondary N) is 1. The number of carbonyl (C=O) groups is 1.